The van der Waals surface area contributed by atoms with Crippen LogP contribution in [0.5, 0.6) is 0 Å². The van der Waals surface area contributed by atoms with Gasteiger partial charge in [-0.3, -0.25) is 9.52 Å². The molecular weight excluding hydrogens is 430 g/mol. The third kappa shape index (κ3) is 15.2. The third-order valence-electron chi connectivity index (χ3n) is 5.22. The highest BCUT2D eigenvalue weighted by atomic mass is 32.2. The first-order chi connectivity index (χ1) is 14.9. The van der Waals surface area contributed by atoms with E-state index >= 15 is 0 Å². The lowest BCUT2D eigenvalue weighted by molar-refractivity contribution is -0.119. The van der Waals surface area contributed by atoms with Crippen molar-refractivity contribution < 1.29 is 13.2 Å². The summed E-state index contributed by atoms with van der Waals surface area (Å²) < 4.78 is 25.3. The van der Waals surface area contributed by atoms with Crippen LogP contribution in [-0.2, 0) is 14.8 Å². The molecule has 1 amide bonds. The number of hydrogen-bond donors (Lipinski definition) is 3. The summed E-state index contributed by atoms with van der Waals surface area (Å²) in [4.78, 5) is 12.0. The van der Waals surface area contributed by atoms with E-state index in [-0.39, 0.29) is 10.8 Å². The number of nitrogens with one attached hydrogen (secondary N) is 2. The molecule has 0 saturated heterocycles. The number of amides is 1. The molecule has 1 aromatic rings. The van der Waals surface area contributed by atoms with Crippen LogP contribution in [0.3, 0.4) is 0 Å². The first kappa shape index (κ1) is 27.8. The summed E-state index contributed by atoms with van der Waals surface area (Å²) in [5, 5.41) is 8.18. The summed E-state index contributed by atoms with van der Waals surface area (Å²) in [5.41, 5.74) is 0.769. The van der Waals surface area contributed by atoms with Crippen molar-refractivity contribution in [3.05, 3.63) is 24.3 Å². The van der Waals surface area contributed by atoms with Gasteiger partial charge in [0.15, 0.2) is 0 Å². The first-order valence-corrected chi connectivity index (χ1v) is 14.2. The van der Waals surface area contributed by atoms with E-state index in [4.69, 9.17) is 5.14 Å². The molecule has 0 aliphatic carbocycles. The molecule has 0 unspecified atom stereocenters. The highest BCUT2D eigenvalue weighted by Gasteiger charge is 2.06. The molecule has 0 heterocycles. The Labute approximate surface area is 193 Å². The largest absolute Gasteiger partial charge is 0.374 e. The van der Waals surface area contributed by atoms with E-state index in [1.807, 2.05) is 0 Å². The number of primary sulfonamides is 1. The first-order valence-electron chi connectivity index (χ1n) is 11.7. The molecule has 0 saturated carbocycles. The predicted molar refractivity (Wildman–Crippen MR) is 132 cm³/mol. The average molecular weight is 472 g/mol. The summed E-state index contributed by atoms with van der Waals surface area (Å²) in [6.45, 7) is 2.26. The van der Waals surface area contributed by atoms with E-state index in [0.29, 0.717) is 12.3 Å². The fourth-order valence-electron chi connectivity index (χ4n) is 3.35. The van der Waals surface area contributed by atoms with E-state index < -0.39 is 10.0 Å². The standard InChI is InChI=1S/C23H41N3O3S2/c1-2-3-4-5-6-7-8-9-10-11-12-13-14-15-23(27)26-30-20-25-21-16-18-22(19-17-21)31(24,28)29/h16-19,25H,2-15,20H2,1H3,(H,26,27)(H2,24,28,29). The maximum atomic E-state index is 11.9. The minimum atomic E-state index is -3.67. The second-order valence-corrected chi connectivity index (χ2v) is 10.4. The molecule has 0 aliphatic rings. The molecule has 1 aromatic carbocycles. The molecule has 0 aliphatic heterocycles. The lowest BCUT2D eigenvalue weighted by Crippen LogP contribution is -2.17. The Hall–Kier alpha value is -1.25. The minimum absolute atomic E-state index is 0.0550. The minimum Gasteiger partial charge on any atom is -0.374 e. The smallest absolute Gasteiger partial charge is 0.238 e. The van der Waals surface area contributed by atoms with Crippen molar-refractivity contribution in [3.8, 4) is 0 Å². The number of unbranched alkanes of at least 4 members (excludes halogenated alkanes) is 12. The zero-order valence-electron chi connectivity index (χ0n) is 19.0. The van der Waals surface area contributed by atoms with E-state index in [1.165, 1.54) is 94.7 Å². The number of sulfonamides is 1. The normalized spacial score (nSPS) is 11.4. The Morgan fingerprint density at radius 1 is 0.839 bits per heavy atom. The molecule has 0 bridgehead atoms. The van der Waals surface area contributed by atoms with Crippen LogP contribution in [-0.4, -0.2) is 20.2 Å². The van der Waals surface area contributed by atoms with Crippen molar-refractivity contribution in [2.24, 2.45) is 5.14 Å². The second kappa shape index (κ2) is 17.3. The van der Waals surface area contributed by atoms with Gasteiger partial charge in [-0.1, -0.05) is 84.0 Å². The molecule has 31 heavy (non-hydrogen) atoms. The highest BCUT2D eigenvalue weighted by Crippen LogP contribution is 2.14. The Morgan fingerprint density at radius 3 is 1.81 bits per heavy atom. The van der Waals surface area contributed by atoms with E-state index in [2.05, 4.69) is 17.0 Å². The van der Waals surface area contributed by atoms with Crippen molar-refractivity contribution in [1.29, 1.82) is 0 Å². The van der Waals surface area contributed by atoms with E-state index in [9.17, 15) is 13.2 Å². The second-order valence-electron chi connectivity index (χ2n) is 8.05. The van der Waals surface area contributed by atoms with Crippen LogP contribution in [0.2, 0.25) is 0 Å². The predicted octanol–water partition coefficient (Wildman–Crippen LogP) is 5.95. The van der Waals surface area contributed by atoms with Crippen LogP contribution in [0.15, 0.2) is 29.2 Å². The van der Waals surface area contributed by atoms with Gasteiger partial charge in [0.1, 0.15) is 0 Å². The molecule has 1 rings (SSSR count). The van der Waals surface area contributed by atoms with Crippen molar-refractivity contribution in [2.75, 3.05) is 11.2 Å². The van der Waals surface area contributed by atoms with Gasteiger partial charge in [-0.2, -0.15) is 0 Å². The highest BCUT2D eigenvalue weighted by molar-refractivity contribution is 7.98. The Kier molecular flexibility index (Phi) is 15.5. The summed E-state index contributed by atoms with van der Waals surface area (Å²) in [5.74, 6) is 0.554. The van der Waals surface area contributed by atoms with Crippen LogP contribution in [0, 0.1) is 0 Å². The molecular formula is C23H41N3O3S2. The number of benzene rings is 1. The lowest BCUT2D eigenvalue weighted by Gasteiger charge is -2.08. The number of carbonyl (C=O) groups excluding carboxylic acids is 1. The zero-order chi connectivity index (χ0) is 22.8. The number of rotatable bonds is 19. The zero-order valence-corrected chi connectivity index (χ0v) is 20.7. The van der Waals surface area contributed by atoms with Gasteiger partial charge in [0.05, 0.1) is 10.8 Å². The molecule has 4 N–H and O–H groups in total. The average Bonchev–Trinajstić information content (AvgIpc) is 2.74. The number of anilines is 1. The van der Waals surface area contributed by atoms with Crippen LogP contribution >= 0.6 is 11.9 Å². The number of hydrogen-bond acceptors (Lipinski definition) is 5. The molecule has 6 nitrogen and oxygen atoms in total. The lowest BCUT2D eigenvalue weighted by atomic mass is 10.0. The SMILES string of the molecule is CCCCCCCCCCCCCCCC(=O)NSCNc1ccc(S(N)(=O)=O)cc1. The van der Waals surface area contributed by atoms with Gasteiger partial charge in [-0.05, 0) is 42.6 Å². The van der Waals surface area contributed by atoms with E-state index in [0.717, 1.165) is 18.5 Å². The van der Waals surface area contributed by atoms with Gasteiger partial charge < -0.3 is 5.32 Å². The fourth-order valence-corrected chi connectivity index (χ4v) is 4.44. The van der Waals surface area contributed by atoms with E-state index in [1.54, 1.807) is 12.1 Å². The van der Waals surface area contributed by atoms with Gasteiger partial charge in [-0.25, -0.2) is 13.6 Å². The number of carbonyl (C=O) groups is 1. The summed E-state index contributed by atoms with van der Waals surface area (Å²) in [7, 11) is -3.67. The van der Waals surface area contributed by atoms with Crippen molar-refractivity contribution in [1.82, 2.24) is 4.72 Å². The summed E-state index contributed by atoms with van der Waals surface area (Å²) in [6.07, 6.45) is 17.4. The van der Waals surface area contributed by atoms with Crippen LogP contribution < -0.4 is 15.2 Å². The molecule has 0 radical (unpaired) electrons. The Balaban J connectivity index is 1.91. The fraction of sp³-hybridized carbons (Fsp3) is 0.696. The third-order valence-corrected chi connectivity index (χ3v) is 6.81. The summed E-state index contributed by atoms with van der Waals surface area (Å²) in [6, 6.07) is 6.20. The maximum absolute atomic E-state index is 11.9. The Morgan fingerprint density at radius 2 is 1.32 bits per heavy atom. The quantitative estimate of drug-likeness (QED) is 0.131. The van der Waals surface area contributed by atoms with Gasteiger partial charge >= 0.3 is 0 Å². The summed E-state index contributed by atoms with van der Waals surface area (Å²) >= 11 is 1.30. The van der Waals surface area contributed by atoms with Crippen molar-refractivity contribution in [2.45, 2.75) is 102 Å². The number of nitrogens with two attached hydrogens (primary N) is 1. The van der Waals surface area contributed by atoms with Crippen molar-refractivity contribution >= 4 is 33.6 Å². The van der Waals surface area contributed by atoms with Gasteiger partial charge in [-0.15, -0.1) is 0 Å². The van der Waals surface area contributed by atoms with Gasteiger partial charge in [0, 0.05) is 12.1 Å². The molecule has 0 fully saturated rings. The van der Waals surface area contributed by atoms with Crippen molar-refractivity contribution in [3.63, 3.8) is 0 Å². The maximum Gasteiger partial charge on any atom is 0.238 e. The van der Waals surface area contributed by atoms with Crippen LogP contribution in [0.1, 0.15) is 96.8 Å². The Bertz CT molecular complexity index is 695. The molecule has 0 aromatic heterocycles. The van der Waals surface area contributed by atoms with Crippen LogP contribution in [0.25, 0.3) is 0 Å². The van der Waals surface area contributed by atoms with Crippen LogP contribution in [0.4, 0.5) is 5.69 Å². The molecule has 0 atom stereocenters. The van der Waals surface area contributed by atoms with Gasteiger partial charge in [0.25, 0.3) is 0 Å². The molecule has 178 valence electrons. The molecule has 0 spiro atoms. The monoisotopic (exact) mass is 471 g/mol. The van der Waals surface area contributed by atoms with Gasteiger partial charge in [0.2, 0.25) is 15.9 Å². The topological polar surface area (TPSA) is 101 Å². The molecule has 8 heteroatoms.